The molecule has 0 radical (unpaired) electrons. The Morgan fingerprint density at radius 2 is 1.88 bits per heavy atom. The number of carbonyl (C=O) groups is 2. The Kier molecular flexibility index (Phi) is 8.46. The largest absolute Gasteiger partial charge is 0.480 e. The summed E-state index contributed by atoms with van der Waals surface area (Å²) in [6, 6.07) is 6.18. The van der Waals surface area contributed by atoms with Crippen molar-refractivity contribution in [3.05, 3.63) is 29.8 Å². The first-order chi connectivity index (χ1) is 11.3. The van der Waals surface area contributed by atoms with Crippen LogP contribution in [0.15, 0.2) is 24.3 Å². The molecule has 1 aromatic rings. The monoisotopic (exact) mass is 354 g/mol. The SMILES string of the molecule is CSCCC(NC(=O)NC(C)Oc1ccccc1C(C)C)C(=O)O. The Hall–Kier alpha value is -1.89. The Balaban J connectivity index is 2.59. The van der Waals surface area contributed by atoms with E-state index in [2.05, 4.69) is 24.5 Å². The fourth-order valence-electron chi connectivity index (χ4n) is 2.16. The molecule has 0 heterocycles. The van der Waals surface area contributed by atoms with Gasteiger partial charge >= 0.3 is 12.0 Å². The summed E-state index contributed by atoms with van der Waals surface area (Å²) in [5.74, 6) is 0.617. The van der Waals surface area contributed by atoms with Gasteiger partial charge in [0.1, 0.15) is 11.8 Å². The molecule has 24 heavy (non-hydrogen) atoms. The van der Waals surface area contributed by atoms with Crippen LogP contribution in [-0.4, -0.2) is 41.4 Å². The van der Waals surface area contributed by atoms with Crippen molar-refractivity contribution in [2.24, 2.45) is 0 Å². The van der Waals surface area contributed by atoms with E-state index >= 15 is 0 Å². The third kappa shape index (κ3) is 6.70. The molecule has 1 rings (SSSR count). The molecule has 134 valence electrons. The second-order valence-electron chi connectivity index (χ2n) is 5.74. The number of ether oxygens (including phenoxy) is 1. The van der Waals surface area contributed by atoms with Crippen molar-refractivity contribution < 1.29 is 19.4 Å². The van der Waals surface area contributed by atoms with E-state index in [1.54, 1.807) is 6.92 Å². The van der Waals surface area contributed by atoms with Crippen LogP contribution >= 0.6 is 11.8 Å². The first-order valence-electron chi connectivity index (χ1n) is 7.89. The number of benzene rings is 1. The minimum absolute atomic E-state index is 0.296. The van der Waals surface area contributed by atoms with Gasteiger partial charge < -0.3 is 20.5 Å². The molecule has 1 aromatic carbocycles. The number of carbonyl (C=O) groups excluding carboxylic acids is 1. The molecule has 0 spiro atoms. The normalized spacial score (nSPS) is 13.2. The zero-order chi connectivity index (χ0) is 18.1. The molecule has 0 bridgehead atoms. The standard InChI is InChI=1S/C17H26N2O4S/c1-11(2)13-7-5-6-8-15(13)23-12(3)18-17(22)19-14(16(20)21)9-10-24-4/h5-8,11-12,14H,9-10H2,1-4H3,(H,20,21)(H2,18,19,22). The average molecular weight is 354 g/mol. The highest BCUT2D eigenvalue weighted by Crippen LogP contribution is 2.26. The Morgan fingerprint density at radius 1 is 1.21 bits per heavy atom. The lowest BCUT2D eigenvalue weighted by atomic mass is 10.0. The van der Waals surface area contributed by atoms with E-state index in [0.29, 0.717) is 23.8 Å². The third-order valence-corrected chi connectivity index (χ3v) is 4.04. The topological polar surface area (TPSA) is 87.7 Å². The van der Waals surface area contributed by atoms with Crippen LogP contribution in [0.4, 0.5) is 4.79 Å². The van der Waals surface area contributed by atoms with Crippen LogP contribution < -0.4 is 15.4 Å². The number of para-hydroxylation sites is 1. The number of amides is 2. The first kappa shape index (κ1) is 20.2. The van der Waals surface area contributed by atoms with Gasteiger partial charge in [-0.25, -0.2) is 9.59 Å². The van der Waals surface area contributed by atoms with Crippen LogP contribution in [0.2, 0.25) is 0 Å². The maximum atomic E-state index is 12.0. The lowest BCUT2D eigenvalue weighted by Gasteiger charge is -2.21. The lowest BCUT2D eigenvalue weighted by molar-refractivity contribution is -0.139. The summed E-state index contributed by atoms with van der Waals surface area (Å²) in [6.07, 6.45) is 1.68. The van der Waals surface area contributed by atoms with Gasteiger partial charge in [-0.05, 0) is 42.9 Å². The highest BCUT2D eigenvalue weighted by Gasteiger charge is 2.20. The predicted octanol–water partition coefficient (Wildman–Crippen LogP) is 3.04. The van der Waals surface area contributed by atoms with Gasteiger partial charge in [0.25, 0.3) is 0 Å². The van der Waals surface area contributed by atoms with Crippen molar-refractivity contribution in [1.29, 1.82) is 0 Å². The first-order valence-corrected chi connectivity index (χ1v) is 9.28. The highest BCUT2D eigenvalue weighted by atomic mass is 32.2. The summed E-state index contributed by atoms with van der Waals surface area (Å²) in [6.45, 7) is 5.83. The molecule has 0 aliphatic carbocycles. The molecule has 0 saturated heterocycles. The average Bonchev–Trinajstić information content (AvgIpc) is 2.51. The Bertz CT molecular complexity index is 551. The molecule has 0 aliphatic rings. The summed E-state index contributed by atoms with van der Waals surface area (Å²) < 4.78 is 5.78. The van der Waals surface area contributed by atoms with Crippen molar-refractivity contribution in [3.63, 3.8) is 0 Å². The summed E-state index contributed by atoms with van der Waals surface area (Å²) in [5, 5.41) is 14.2. The van der Waals surface area contributed by atoms with Gasteiger partial charge in [-0.3, -0.25) is 0 Å². The molecule has 2 atom stereocenters. The minimum Gasteiger partial charge on any atom is -0.480 e. The quantitative estimate of drug-likeness (QED) is 0.593. The summed E-state index contributed by atoms with van der Waals surface area (Å²) in [4.78, 5) is 23.1. The zero-order valence-electron chi connectivity index (χ0n) is 14.5. The van der Waals surface area contributed by atoms with E-state index in [9.17, 15) is 9.59 Å². The Labute approximate surface area is 147 Å². The third-order valence-electron chi connectivity index (χ3n) is 3.39. The number of hydrogen-bond donors (Lipinski definition) is 3. The number of nitrogens with one attached hydrogen (secondary N) is 2. The molecule has 6 nitrogen and oxygen atoms in total. The van der Waals surface area contributed by atoms with E-state index < -0.39 is 24.3 Å². The van der Waals surface area contributed by atoms with Crippen molar-refractivity contribution in [2.75, 3.05) is 12.0 Å². The van der Waals surface area contributed by atoms with Crippen LogP contribution in [0.5, 0.6) is 5.75 Å². The molecule has 7 heteroatoms. The number of carboxylic acid groups (broad SMARTS) is 1. The number of hydrogen-bond acceptors (Lipinski definition) is 4. The number of urea groups is 1. The van der Waals surface area contributed by atoms with Gasteiger partial charge in [-0.1, -0.05) is 32.0 Å². The number of rotatable bonds is 9. The molecule has 2 amide bonds. The van der Waals surface area contributed by atoms with Gasteiger partial charge in [0.2, 0.25) is 0 Å². The minimum atomic E-state index is -1.04. The van der Waals surface area contributed by atoms with Crippen LogP contribution in [0.1, 0.15) is 38.7 Å². The maximum Gasteiger partial charge on any atom is 0.326 e. The Morgan fingerprint density at radius 3 is 2.46 bits per heavy atom. The molecule has 2 unspecified atom stereocenters. The number of thioether (sulfide) groups is 1. The van der Waals surface area contributed by atoms with Crippen LogP contribution in [0.25, 0.3) is 0 Å². The fourth-order valence-corrected chi connectivity index (χ4v) is 2.63. The second-order valence-corrected chi connectivity index (χ2v) is 6.73. The van der Waals surface area contributed by atoms with Gasteiger partial charge in [0.15, 0.2) is 6.23 Å². The molecule has 0 aromatic heterocycles. The van der Waals surface area contributed by atoms with Gasteiger partial charge in [-0.2, -0.15) is 11.8 Å². The van der Waals surface area contributed by atoms with E-state index in [4.69, 9.17) is 9.84 Å². The van der Waals surface area contributed by atoms with E-state index in [1.807, 2.05) is 30.5 Å². The number of carboxylic acids is 1. The molecule has 0 saturated carbocycles. The van der Waals surface area contributed by atoms with Crippen molar-refractivity contribution in [3.8, 4) is 5.75 Å². The summed E-state index contributed by atoms with van der Waals surface area (Å²) in [5.41, 5.74) is 1.05. The van der Waals surface area contributed by atoms with Crippen LogP contribution in [0, 0.1) is 0 Å². The van der Waals surface area contributed by atoms with E-state index in [-0.39, 0.29) is 0 Å². The smallest absolute Gasteiger partial charge is 0.326 e. The predicted molar refractivity (Wildman–Crippen MR) is 96.7 cm³/mol. The molecular formula is C17H26N2O4S. The van der Waals surface area contributed by atoms with Gasteiger partial charge in [0, 0.05) is 0 Å². The molecular weight excluding hydrogens is 328 g/mol. The molecule has 0 aliphatic heterocycles. The lowest BCUT2D eigenvalue weighted by Crippen LogP contribution is -2.49. The van der Waals surface area contributed by atoms with Gasteiger partial charge in [0.05, 0.1) is 0 Å². The van der Waals surface area contributed by atoms with Crippen molar-refractivity contribution >= 4 is 23.8 Å². The van der Waals surface area contributed by atoms with Crippen LogP contribution in [0.3, 0.4) is 0 Å². The molecule has 3 N–H and O–H groups in total. The highest BCUT2D eigenvalue weighted by molar-refractivity contribution is 7.98. The van der Waals surface area contributed by atoms with Crippen molar-refractivity contribution in [1.82, 2.24) is 10.6 Å². The van der Waals surface area contributed by atoms with E-state index in [0.717, 1.165) is 5.56 Å². The fraction of sp³-hybridized carbons (Fsp3) is 0.529. The summed E-state index contributed by atoms with van der Waals surface area (Å²) >= 11 is 1.53. The number of aliphatic carboxylic acids is 1. The van der Waals surface area contributed by atoms with Crippen molar-refractivity contribution in [2.45, 2.75) is 45.4 Å². The van der Waals surface area contributed by atoms with Crippen LogP contribution in [-0.2, 0) is 4.79 Å². The van der Waals surface area contributed by atoms with Gasteiger partial charge in [-0.15, -0.1) is 0 Å². The van der Waals surface area contributed by atoms with E-state index in [1.165, 1.54) is 11.8 Å². The maximum absolute atomic E-state index is 12.0. The zero-order valence-corrected chi connectivity index (χ0v) is 15.4. The second kappa shape index (κ2) is 10.1. The summed E-state index contributed by atoms with van der Waals surface area (Å²) in [7, 11) is 0. The molecule has 0 fully saturated rings.